The molecule has 1 aliphatic heterocycles. The average molecular weight is 356 g/mol. The van der Waals surface area contributed by atoms with Gasteiger partial charge in [0.2, 0.25) is 5.91 Å². The monoisotopic (exact) mass is 355 g/mol. The highest BCUT2D eigenvalue weighted by atomic mass is 32.2. The van der Waals surface area contributed by atoms with Crippen LogP contribution in [0.1, 0.15) is 43.0 Å². The van der Waals surface area contributed by atoms with Gasteiger partial charge in [0.1, 0.15) is 11.4 Å². The van der Waals surface area contributed by atoms with Gasteiger partial charge in [-0.15, -0.1) is 11.8 Å². The van der Waals surface area contributed by atoms with Crippen molar-refractivity contribution in [3.05, 3.63) is 65.2 Å². The van der Waals surface area contributed by atoms with Crippen LogP contribution in [0.25, 0.3) is 0 Å². The number of benzene rings is 2. The van der Waals surface area contributed by atoms with Crippen LogP contribution in [0.4, 0.5) is 0 Å². The summed E-state index contributed by atoms with van der Waals surface area (Å²) in [6.45, 7) is 6.21. The SMILES string of the molecule is Cc1ccc(CSCC(=O)N[C@H]2CC(C)(C)Oc3ccccc32)cc1. The van der Waals surface area contributed by atoms with Gasteiger partial charge in [-0.2, -0.15) is 0 Å². The molecular weight excluding hydrogens is 330 g/mol. The number of hydrogen-bond acceptors (Lipinski definition) is 3. The lowest BCUT2D eigenvalue weighted by Crippen LogP contribution is -2.41. The molecule has 1 heterocycles. The van der Waals surface area contributed by atoms with Crippen LogP contribution < -0.4 is 10.1 Å². The lowest BCUT2D eigenvalue weighted by Gasteiger charge is -2.37. The topological polar surface area (TPSA) is 38.3 Å². The minimum atomic E-state index is -0.276. The van der Waals surface area contributed by atoms with Gasteiger partial charge >= 0.3 is 0 Å². The molecule has 25 heavy (non-hydrogen) atoms. The average Bonchev–Trinajstić information content (AvgIpc) is 2.55. The molecule has 0 radical (unpaired) electrons. The van der Waals surface area contributed by atoms with Crippen LogP contribution >= 0.6 is 11.8 Å². The normalized spacial score (nSPS) is 18.1. The quantitative estimate of drug-likeness (QED) is 0.849. The lowest BCUT2D eigenvalue weighted by molar-refractivity contribution is -0.119. The van der Waals surface area contributed by atoms with Crippen LogP contribution in [0, 0.1) is 6.92 Å². The fourth-order valence-electron chi connectivity index (χ4n) is 3.11. The molecule has 1 atom stereocenters. The number of carbonyl (C=O) groups excluding carboxylic acids is 1. The second-order valence-electron chi connectivity index (χ2n) is 7.20. The zero-order valence-corrected chi connectivity index (χ0v) is 15.9. The molecule has 0 aliphatic carbocycles. The first-order valence-corrected chi connectivity index (χ1v) is 9.79. The van der Waals surface area contributed by atoms with E-state index in [-0.39, 0.29) is 17.6 Å². The molecule has 0 saturated carbocycles. The molecule has 0 fully saturated rings. The van der Waals surface area contributed by atoms with Crippen molar-refractivity contribution in [2.75, 3.05) is 5.75 Å². The number of thioether (sulfide) groups is 1. The van der Waals surface area contributed by atoms with Crippen molar-refractivity contribution in [3.8, 4) is 5.75 Å². The predicted molar refractivity (Wildman–Crippen MR) is 104 cm³/mol. The van der Waals surface area contributed by atoms with E-state index in [1.54, 1.807) is 11.8 Å². The smallest absolute Gasteiger partial charge is 0.230 e. The first kappa shape index (κ1) is 17.9. The van der Waals surface area contributed by atoms with Crippen molar-refractivity contribution in [1.82, 2.24) is 5.32 Å². The third-order valence-corrected chi connectivity index (χ3v) is 5.34. The van der Waals surface area contributed by atoms with Crippen molar-refractivity contribution in [3.63, 3.8) is 0 Å². The molecular formula is C21H25NO2S. The summed E-state index contributed by atoms with van der Waals surface area (Å²) in [6, 6.07) is 16.4. The molecule has 0 spiro atoms. The van der Waals surface area contributed by atoms with Crippen LogP contribution in [0.2, 0.25) is 0 Å². The Morgan fingerprint density at radius 3 is 2.68 bits per heavy atom. The molecule has 0 bridgehead atoms. The van der Waals surface area contributed by atoms with Gasteiger partial charge in [0, 0.05) is 17.7 Å². The summed E-state index contributed by atoms with van der Waals surface area (Å²) in [4.78, 5) is 12.4. The zero-order valence-electron chi connectivity index (χ0n) is 15.0. The second kappa shape index (κ2) is 7.52. The maximum absolute atomic E-state index is 12.4. The largest absolute Gasteiger partial charge is 0.487 e. The summed E-state index contributed by atoms with van der Waals surface area (Å²) in [7, 11) is 0. The number of ether oxygens (including phenoxy) is 1. The second-order valence-corrected chi connectivity index (χ2v) is 8.19. The Hall–Kier alpha value is -1.94. The summed E-state index contributed by atoms with van der Waals surface area (Å²) in [5.41, 5.74) is 3.30. The van der Waals surface area contributed by atoms with Gasteiger partial charge in [-0.25, -0.2) is 0 Å². The van der Waals surface area contributed by atoms with E-state index >= 15 is 0 Å². The van der Waals surface area contributed by atoms with Gasteiger partial charge in [0.25, 0.3) is 0 Å². The van der Waals surface area contributed by atoms with Crippen LogP contribution in [0.15, 0.2) is 48.5 Å². The Labute approximate surface area is 154 Å². The molecule has 2 aromatic carbocycles. The van der Waals surface area contributed by atoms with Crippen LogP contribution in [0.3, 0.4) is 0 Å². The lowest BCUT2D eigenvalue weighted by atomic mass is 9.90. The third kappa shape index (κ3) is 4.79. The Morgan fingerprint density at radius 2 is 1.92 bits per heavy atom. The summed E-state index contributed by atoms with van der Waals surface area (Å²) >= 11 is 1.65. The summed E-state index contributed by atoms with van der Waals surface area (Å²) in [6.07, 6.45) is 0.776. The number of nitrogens with one attached hydrogen (secondary N) is 1. The van der Waals surface area contributed by atoms with Crippen LogP contribution in [0.5, 0.6) is 5.75 Å². The Bertz CT molecular complexity index is 740. The van der Waals surface area contributed by atoms with E-state index in [4.69, 9.17) is 4.74 Å². The van der Waals surface area contributed by atoms with Crippen molar-refractivity contribution in [1.29, 1.82) is 0 Å². The molecule has 2 aromatic rings. The molecule has 0 aromatic heterocycles. The Kier molecular flexibility index (Phi) is 5.38. The van der Waals surface area contributed by atoms with Gasteiger partial charge in [0.15, 0.2) is 0 Å². The molecule has 132 valence electrons. The number of fused-ring (bicyclic) bond motifs is 1. The molecule has 0 saturated heterocycles. The molecule has 4 heteroatoms. The van der Waals surface area contributed by atoms with E-state index in [9.17, 15) is 4.79 Å². The number of hydrogen-bond donors (Lipinski definition) is 1. The van der Waals surface area contributed by atoms with Gasteiger partial charge < -0.3 is 10.1 Å². The maximum atomic E-state index is 12.4. The summed E-state index contributed by atoms with van der Waals surface area (Å²) < 4.78 is 6.02. The van der Waals surface area contributed by atoms with Crippen LogP contribution in [-0.2, 0) is 10.5 Å². The van der Waals surface area contributed by atoms with Gasteiger partial charge in [-0.05, 0) is 32.4 Å². The highest BCUT2D eigenvalue weighted by Gasteiger charge is 2.34. The molecule has 1 N–H and O–H groups in total. The third-order valence-electron chi connectivity index (χ3n) is 4.33. The van der Waals surface area contributed by atoms with Crippen molar-refractivity contribution < 1.29 is 9.53 Å². The highest BCUT2D eigenvalue weighted by Crippen LogP contribution is 2.39. The zero-order chi connectivity index (χ0) is 17.9. The van der Waals surface area contributed by atoms with Crippen molar-refractivity contribution in [2.24, 2.45) is 0 Å². The number of amides is 1. The van der Waals surface area contributed by atoms with Gasteiger partial charge in [-0.1, -0.05) is 48.0 Å². The summed E-state index contributed by atoms with van der Waals surface area (Å²) in [5.74, 6) is 2.27. The number of rotatable bonds is 5. The first-order chi connectivity index (χ1) is 11.9. The van der Waals surface area contributed by atoms with E-state index < -0.39 is 0 Å². The predicted octanol–water partition coefficient (Wildman–Crippen LogP) is 4.65. The van der Waals surface area contributed by atoms with Crippen molar-refractivity contribution >= 4 is 17.7 Å². The van der Waals surface area contributed by atoms with E-state index in [0.717, 1.165) is 23.5 Å². The molecule has 1 aliphatic rings. The van der Waals surface area contributed by atoms with Gasteiger partial charge in [-0.3, -0.25) is 4.79 Å². The molecule has 3 rings (SSSR count). The van der Waals surface area contributed by atoms with Crippen molar-refractivity contribution in [2.45, 2.75) is 44.6 Å². The number of carbonyl (C=O) groups is 1. The molecule has 3 nitrogen and oxygen atoms in total. The fourth-order valence-corrected chi connectivity index (χ4v) is 3.91. The molecule has 1 amide bonds. The standard InChI is InChI=1S/C21H25NO2S/c1-15-8-10-16(11-9-15)13-25-14-20(23)22-18-12-21(2,3)24-19-7-5-4-6-17(18)19/h4-11,18H,12-14H2,1-3H3,(H,22,23)/t18-/m0/s1. The van der Waals surface area contributed by atoms with E-state index in [1.807, 2.05) is 24.3 Å². The fraction of sp³-hybridized carbons (Fsp3) is 0.381. The minimum absolute atomic E-state index is 0.00687. The Balaban J connectivity index is 1.56. The maximum Gasteiger partial charge on any atom is 0.230 e. The summed E-state index contributed by atoms with van der Waals surface area (Å²) in [5, 5.41) is 3.19. The van der Waals surface area contributed by atoms with E-state index in [2.05, 4.69) is 50.4 Å². The van der Waals surface area contributed by atoms with Crippen LogP contribution in [-0.4, -0.2) is 17.3 Å². The first-order valence-electron chi connectivity index (χ1n) is 8.63. The highest BCUT2D eigenvalue weighted by molar-refractivity contribution is 7.99. The Morgan fingerprint density at radius 1 is 1.20 bits per heavy atom. The number of para-hydroxylation sites is 1. The minimum Gasteiger partial charge on any atom is -0.487 e. The molecule has 0 unspecified atom stereocenters. The van der Waals surface area contributed by atoms with E-state index in [1.165, 1.54) is 11.1 Å². The van der Waals surface area contributed by atoms with E-state index in [0.29, 0.717) is 5.75 Å². The van der Waals surface area contributed by atoms with Gasteiger partial charge in [0.05, 0.1) is 11.8 Å². The number of aryl methyl sites for hydroxylation is 1.